The molecule has 0 aromatic heterocycles. The van der Waals surface area contributed by atoms with Gasteiger partial charge in [0.05, 0.1) is 5.02 Å². The van der Waals surface area contributed by atoms with Crippen molar-refractivity contribution in [2.45, 2.75) is 6.54 Å². The van der Waals surface area contributed by atoms with Crippen LogP contribution in [0.1, 0.15) is 15.9 Å². The molecule has 0 spiro atoms. The fraction of sp³-hybridized carbons (Fsp3) is 0.0714. The Morgan fingerprint density at radius 3 is 2.68 bits per heavy atom. The molecule has 0 bridgehead atoms. The van der Waals surface area contributed by atoms with Crippen molar-refractivity contribution in [3.05, 3.63) is 63.1 Å². The molecule has 2 rings (SSSR count). The van der Waals surface area contributed by atoms with Gasteiger partial charge < -0.3 is 11.1 Å². The zero-order valence-corrected chi connectivity index (χ0v) is 12.3. The summed E-state index contributed by atoms with van der Waals surface area (Å²) >= 11 is 9.19. The molecule has 0 atom stereocenters. The number of halogens is 2. The van der Waals surface area contributed by atoms with E-state index in [2.05, 4.69) is 21.2 Å². The van der Waals surface area contributed by atoms with E-state index in [0.29, 0.717) is 21.6 Å². The highest BCUT2D eigenvalue weighted by molar-refractivity contribution is 9.10. The molecule has 98 valence electrons. The number of hydrogen-bond donors (Lipinski definition) is 2. The molecule has 0 aliphatic carbocycles. The van der Waals surface area contributed by atoms with Gasteiger partial charge in [-0.15, -0.1) is 0 Å². The number of carbonyl (C=O) groups is 1. The Morgan fingerprint density at radius 2 is 2.00 bits per heavy atom. The monoisotopic (exact) mass is 338 g/mol. The van der Waals surface area contributed by atoms with Gasteiger partial charge in [-0.05, 0) is 45.8 Å². The maximum atomic E-state index is 12.1. The van der Waals surface area contributed by atoms with Crippen LogP contribution in [0.25, 0.3) is 0 Å². The summed E-state index contributed by atoms with van der Waals surface area (Å²) in [4.78, 5) is 12.1. The lowest BCUT2D eigenvalue weighted by molar-refractivity contribution is 0.102. The molecule has 0 fully saturated rings. The number of carbonyl (C=O) groups excluding carboxylic acids is 1. The van der Waals surface area contributed by atoms with E-state index in [1.807, 2.05) is 24.3 Å². The van der Waals surface area contributed by atoms with Crippen LogP contribution >= 0.6 is 27.5 Å². The van der Waals surface area contributed by atoms with Gasteiger partial charge >= 0.3 is 0 Å². The lowest BCUT2D eigenvalue weighted by Gasteiger charge is -2.10. The minimum Gasteiger partial charge on any atom is -0.326 e. The molecule has 0 radical (unpaired) electrons. The van der Waals surface area contributed by atoms with Crippen molar-refractivity contribution < 1.29 is 4.79 Å². The largest absolute Gasteiger partial charge is 0.326 e. The number of hydrogen-bond acceptors (Lipinski definition) is 2. The molecule has 0 saturated carbocycles. The average molecular weight is 340 g/mol. The van der Waals surface area contributed by atoms with Crippen LogP contribution in [0.3, 0.4) is 0 Å². The first-order valence-corrected chi connectivity index (χ1v) is 6.83. The topological polar surface area (TPSA) is 55.1 Å². The predicted molar refractivity (Wildman–Crippen MR) is 81.4 cm³/mol. The number of rotatable bonds is 3. The standard InChI is InChI=1S/C14H12BrClN2O/c15-11-7-9(5-6-12(11)16)14(19)18-13-4-2-1-3-10(13)8-17/h1-7H,8,17H2,(H,18,19). The van der Waals surface area contributed by atoms with Crippen molar-refractivity contribution in [2.24, 2.45) is 5.73 Å². The van der Waals surface area contributed by atoms with Crippen LogP contribution in [-0.2, 0) is 6.54 Å². The molecule has 0 saturated heterocycles. The van der Waals surface area contributed by atoms with Gasteiger partial charge in [0.2, 0.25) is 0 Å². The fourth-order valence-electron chi connectivity index (χ4n) is 1.65. The third-order valence-electron chi connectivity index (χ3n) is 2.67. The summed E-state index contributed by atoms with van der Waals surface area (Å²) in [7, 11) is 0. The molecule has 5 heteroatoms. The maximum Gasteiger partial charge on any atom is 0.255 e. The number of benzene rings is 2. The third kappa shape index (κ3) is 3.35. The van der Waals surface area contributed by atoms with Crippen LogP contribution in [0, 0.1) is 0 Å². The Hall–Kier alpha value is -1.36. The van der Waals surface area contributed by atoms with Crippen LogP contribution in [0.4, 0.5) is 5.69 Å². The second-order valence-corrected chi connectivity index (χ2v) is 5.21. The Morgan fingerprint density at radius 1 is 1.26 bits per heavy atom. The van der Waals surface area contributed by atoms with E-state index in [9.17, 15) is 4.79 Å². The summed E-state index contributed by atoms with van der Waals surface area (Å²) in [5, 5.41) is 3.41. The van der Waals surface area contributed by atoms with Crippen molar-refractivity contribution in [3.8, 4) is 0 Å². The van der Waals surface area contributed by atoms with Gasteiger partial charge in [-0.25, -0.2) is 0 Å². The molecule has 19 heavy (non-hydrogen) atoms. The van der Waals surface area contributed by atoms with Gasteiger partial charge in [0.15, 0.2) is 0 Å². The van der Waals surface area contributed by atoms with Crippen molar-refractivity contribution in [1.82, 2.24) is 0 Å². The molecule has 3 nitrogen and oxygen atoms in total. The summed E-state index contributed by atoms with van der Waals surface area (Å²) in [5.74, 6) is -0.196. The molecule has 0 aliphatic heterocycles. The van der Waals surface area contributed by atoms with Crippen molar-refractivity contribution in [2.75, 3.05) is 5.32 Å². The summed E-state index contributed by atoms with van der Waals surface area (Å²) in [6, 6.07) is 12.5. The predicted octanol–water partition coefficient (Wildman–Crippen LogP) is 3.81. The van der Waals surface area contributed by atoms with Gasteiger partial charge in [0.25, 0.3) is 5.91 Å². The molecule has 0 unspecified atom stereocenters. The molecule has 2 aromatic rings. The van der Waals surface area contributed by atoms with E-state index < -0.39 is 0 Å². The second-order valence-electron chi connectivity index (χ2n) is 3.94. The molecular formula is C14H12BrClN2O. The van der Waals surface area contributed by atoms with Crippen LogP contribution in [-0.4, -0.2) is 5.91 Å². The van der Waals surface area contributed by atoms with Crippen molar-refractivity contribution in [1.29, 1.82) is 0 Å². The summed E-state index contributed by atoms with van der Waals surface area (Å²) in [6.07, 6.45) is 0. The van der Waals surface area contributed by atoms with Gasteiger partial charge in [-0.1, -0.05) is 29.8 Å². The van der Waals surface area contributed by atoms with Crippen LogP contribution < -0.4 is 11.1 Å². The van der Waals surface area contributed by atoms with Gasteiger partial charge in [-0.3, -0.25) is 4.79 Å². The number of nitrogens with two attached hydrogens (primary N) is 1. The third-order valence-corrected chi connectivity index (χ3v) is 3.88. The van der Waals surface area contributed by atoms with E-state index in [1.165, 1.54) is 0 Å². The molecule has 3 N–H and O–H groups in total. The Balaban J connectivity index is 2.23. The lowest BCUT2D eigenvalue weighted by Crippen LogP contribution is -2.14. The SMILES string of the molecule is NCc1ccccc1NC(=O)c1ccc(Cl)c(Br)c1. The molecule has 0 aliphatic rings. The minimum absolute atomic E-state index is 0.196. The van der Waals surface area contributed by atoms with Crippen molar-refractivity contribution in [3.63, 3.8) is 0 Å². The Bertz CT molecular complexity index is 616. The highest BCUT2D eigenvalue weighted by Gasteiger charge is 2.09. The smallest absolute Gasteiger partial charge is 0.255 e. The fourth-order valence-corrected chi connectivity index (χ4v) is 2.15. The van der Waals surface area contributed by atoms with E-state index >= 15 is 0 Å². The van der Waals surface area contributed by atoms with E-state index in [4.69, 9.17) is 17.3 Å². The normalized spacial score (nSPS) is 10.3. The summed E-state index contributed by atoms with van der Waals surface area (Å²) < 4.78 is 0.689. The highest BCUT2D eigenvalue weighted by Crippen LogP contribution is 2.24. The quantitative estimate of drug-likeness (QED) is 0.893. The first-order valence-electron chi connectivity index (χ1n) is 5.66. The highest BCUT2D eigenvalue weighted by atomic mass is 79.9. The van der Waals surface area contributed by atoms with Gasteiger partial charge in [-0.2, -0.15) is 0 Å². The number of nitrogens with one attached hydrogen (secondary N) is 1. The molecule has 1 amide bonds. The van der Waals surface area contributed by atoms with E-state index in [-0.39, 0.29) is 5.91 Å². The van der Waals surface area contributed by atoms with Crippen molar-refractivity contribution >= 4 is 39.1 Å². The van der Waals surface area contributed by atoms with E-state index in [0.717, 1.165) is 11.3 Å². The zero-order chi connectivity index (χ0) is 13.8. The minimum atomic E-state index is -0.196. The Kier molecular flexibility index (Phi) is 4.58. The van der Waals surface area contributed by atoms with Crippen LogP contribution in [0.5, 0.6) is 0 Å². The molecule has 0 heterocycles. The van der Waals surface area contributed by atoms with Gasteiger partial charge in [0.1, 0.15) is 0 Å². The molecular weight excluding hydrogens is 328 g/mol. The first-order chi connectivity index (χ1) is 9.11. The number of anilines is 1. The Labute approximate surface area is 124 Å². The number of para-hydroxylation sites is 1. The summed E-state index contributed by atoms with van der Waals surface area (Å²) in [6.45, 7) is 0.376. The second kappa shape index (κ2) is 6.19. The lowest BCUT2D eigenvalue weighted by atomic mass is 10.1. The maximum absolute atomic E-state index is 12.1. The number of amides is 1. The first kappa shape index (κ1) is 14.1. The molecule has 2 aromatic carbocycles. The average Bonchev–Trinajstić information content (AvgIpc) is 2.42. The van der Waals surface area contributed by atoms with E-state index in [1.54, 1.807) is 18.2 Å². The van der Waals surface area contributed by atoms with Crippen LogP contribution in [0.2, 0.25) is 5.02 Å². The van der Waals surface area contributed by atoms with Crippen LogP contribution in [0.15, 0.2) is 46.9 Å². The van der Waals surface area contributed by atoms with Gasteiger partial charge in [0, 0.05) is 22.3 Å². The summed E-state index contributed by atoms with van der Waals surface area (Å²) in [5.41, 5.74) is 7.78. The zero-order valence-electron chi connectivity index (χ0n) is 9.99.